The molecule has 2 aliphatic rings. The largest absolute Gasteiger partial charge is 0.416 e. The molecule has 1 fully saturated rings. The minimum Gasteiger partial charge on any atom is -0.382 e. The van der Waals surface area contributed by atoms with Crippen molar-refractivity contribution in [3.8, 4) is 0 Å². The first-order valence-electron chi connectivity index (χ1n) is 12.2. The maximum absolute atomic E-state index is 15.2. The molecule has 194 valence electrons. The number of hydrogen-bond acceptors (Lipinski definition) is 4. The van der Waals surface area contributed by atoms with Crippen LogP contribution >= 0.6 is 0 Å². The topological polar surface area (TPSA) is 73.0 Å². The third-order valence-corrected chi connectivity index (χ3v) is 6.93. The molecule has 37 heavy (non-hydrogen) atoms. The summed E-state index contributed by atoms with van der Waals surface area (Å²) in [6, 6.07) is 8.06. The lowest BCUT2D eigenvalue weighted by molar-refractivity contribution is -0.137. The minimum atomic E-state index is -4.70. The van der Waals surface area contributed by atoms with Gasteiger partial charge in [0.2, 0.25) is 0 Å². The Labute approximate surface area is 211 Å². The molecule has 2 aromatic carbocycles. The summed E-state index contributed by atoms with van der Waals surface area (Å²) >= 11 is 0. The molecule has 0 bridgehead atoms. The van der Waals surface area contributed by atoms with Gasteiger partial charge in [-0.2, -0.15) is 13.2 Å². The average molecular weight is 514 g/mol. The number of halogens is 4. The minimum absolute atomic E-state index is 0.101. The lowest BCUT2D eigenvalue weighted by atomic mass is 9.93. The van der Waals surface area contributed by atoms with Crippen molar-refractivity contribution in [1.82, 2.24) is 14.9 Å². The molecule has 3 aromatic rings. The number of anilines is 2. The highest BCUT2D eigenvalue weighted by Crippen LogP contribution is 2.42. The van der Waals surface area contributed by atoms with Crippen molar-refractivity contribution < 1.29 is 22.4 Å². The maximum atomic E-state index is 15.2. The molecule has 1 saturated heterocycles. The van der Waals surface area contributed by atoms with Gasteiger partial charge in [0.05, 0.1) is 11.1 Å². The molecular formula is C27H27F4N5O. The fourth-order valence-corrected chi connectivity index (χ4v) is 4.95. The molecule has 0 spiro atoms. The van der Waals surface area contributed by atoms with E-state index < -0.39 is 23.5 Å². The molecule has 0 radical (unpaired) electrons. The SMILES string of the molecule is CCN1CCC(Nc2ccc3c(c2)/C(=C(/c2ncc(C)[nH]2)c2ccc(C(F)(F)F)cc2F)C(=O)N3)CC1. The standard InChI is InChI=1S/C27H27F4N5O/c1-3-36-10-8-17(9-11-36)34-18-5-7-22-20(13-18)24(26(37)35-22)23(25-32-14-15(2)33-25)19-6-4-16(12-21(19)28)27(29,30)31/h4-7,12-14,17,34H,3,8-11H2,1-2H3,(H,32,33)(H,35,37)/b24-23-. The number of fused-ring (bicyclic) bond motifs is 1. The van der Waals surface area contributed by atoms with Crippen molar-refractivity contribution in [2.45, 2.75) is 38.9 Å². The van der Waals surface area contributed by atoms with Gasteiger partial charge in [0, 0.05) is 59.1 Å². The number of nitrogens with zero attached hydrogens (tertiary/aromatic N) is 2. The van der Waals surface area contributed by atoms with Gasteiger partial charge >= 0.3 is 6.18 Å². The summed E-state index contributed by atoms with van der Waals surface area (Å²) in [7, 11) is 0. The van der Waals surface area contributed by atoms with E-state index in [-0.39, 0.29) is 28.6 Å². The van der Waals surface area contributed by atoms with Crippen LogP contribution in [-0.4, -0.2) is 46.5 Å². The molecule has 1 amide bonds. The molecule has 0 atom stereocenters. The van der Waals surface area contributed by atoms with E-state index in [9.17, 15) is 18.0 Å². The Balaban J connectivity index is 1.60. The van der Waals surface area contributed by atoms with Crippen molar-refractivity contribution in [3.05, 3.63) is 76.6 Å². The zero-order valence-electron chi connectivity index (χ0n) is 20.5. The van der Waals surface area contributed by atoms with Crippen molar-refractivity contribution in [2.75, 3.05) is 30.3 Å². The van der Waals surface area contributed by atoms with E-state index in [0.717, 1.165) is 50.3 Å². The number of nitrogens with one attached hydrogen (secondary N) is 3. The summed E-state index contributed by atoms with van der Waals surface area (Å²) in [6.45, 7) is 6.90. The molecule has 2 aliphatic heterocycles. The molecule has 0 aliphatic carbocycles. The number of benzene rings is 2. The van der Waals surface area contributed by atoms with Gasteiger partial charge < -0.3 is 20.5 Å². The highest BCUT2D eigenvalue weighted by atomic mass is 19.4. The number of imidazole rings is 1. The van der Waals surface area contributed by atoms with Crippen molar-refractivity contribution >= 4 is 28.4 Å². The zero-order valence-corrected chi connectivity index (χ0v) is 20.5. The van der Waals surface area contributed by atoms with E-state index in [1.165, 1.54) is 6.20 Å². The van der Waals surface area contributed by atoms with Crippen LogP contribution in [-0.2, 0) is 11.0 Å². The van der Waals surface area contributed by atoms with Crippen LogP contribution in [0.4, 0.5) is 28.9 Å². The number of carbonyl (C=O) groups is 1. The Morgan fingerprint density at radius 3 is 2.54 bits per heavy atom. The van der Waals surface area contributed by atoms with Crippen LogP contribution in [0.5, 0.6) is 0 Å². The number of amides is 1. The lowest BCUT2D eigenvalue weighted by Gasteiger charge is -2.32. The third kappa shape index (κ3) is 4.98. The molecule has 3 heterocycles. The average Bonchev–Trinajstić information content (AvgIpc) is 3.43. The van der Waals surface area contributed by atoms with Crippen molar-refractivity contribution in [1.29, 1.82) is 0 Å². The number of H-pyrrole nitrogens is 1. The van der Waals surface area contributed by atoms with Crippen LogP contribution in [0, 0.1) is 12.7 Å². The predicted octanol–water partition coefficient (Wildman–Crippen LogP) is 5.68. The Kier molecular flexibility index (Phi) is 6.53. The Morgan fingerprint density at radius 2 is 1.92 bits per heavy atom. The number of hydrogen-bond donors (Lipinski definition) is 3. The van der Waals surface area contributed by atoms with Gasteiger partial charge in [0.1, 0.15) is 11.6 Å². The number of piperidine rings is 1. The van der Waals surface area contributed by atoms with Gasteiger partial charge in [-0.05, 0) is 56.6 Å². The molecule has 0 saturated carbocycles. The van der Waals surface area contributed by atoms with Crippen LogP contribution in [0.15, 0.2) is 42.6 Å². The summed E-state index contributed by atoms with van der Waals surface area (Å²) < 4.78 is 54.8. The molecule has 0 unspecified atom stereocenters. The number of aryl methyl sites for hydroxylation is 1. The van der Waals surface area contributed by atoms with Gasteiger partial charge in [0.15, 0.2) is 0 Å². The van der Waals surface area contributed by atoms with E-state index in [4.69, 9.17) is 0 Å². The fraction of sp³-hybridized carbons (Fsp3) is 0.333. The van der Waals surface area contributed by atoms with Gasteiger partial charge in [-0.15, -0.1) is 0 Å². The summed E-state index contributed by atoms with van der Waals surface area (Å²) in [5, 5.41) is 6.34. The summed E-state index contributed by atoms with van der Waals surface area (Å²) in [5.41, 5.74) is 1.54. The summed E-state index contributed by atoms with van der Waals surface area (Å²) in [4.78, 5) is 22.9. The van der Waals surface area contributed by atoms with E-state index in [0.29, 0.717) is 23.0 Å². The summed E-state index contributed by atoms with van der Waals surface area (Å²) in [5.74, 6) is -1.38. The van der Waals surface area contributed by atoms with Gasteiger partial charge in [-0.1, -0.05) is 13.0 Å². The van der Waals surface area contributed by atoms with E-state index in [1.807, 2.05) is 12.1 Å². The Hall–Kier alpha value is -3.66. The van der Waals surface area contributed by atoms with Gasteiger partial charge in [-0.3, -0.25) is 4.79 Å². The predicted molar refractivity (Wildman–Crippen MR) is 134 cm³/mol. The second kappa shape index (κ2) is 9.66. The zero-order chi connectivity index (χ0) is 26.3. The van der Waals surface area contributed by atoms with Crippen LogP contribution in [0.1, 0.15) is 48.0 Å². The van der Waals surface area contributed by atoms with E-state index >= 15 is 4.39 Å². The number of carbonyl (C=O) groups excluding carboxylic acids is 1. The summed E-state index contributed by atoms with van der Waals surface area (Å²) in [6.07, 6.45) is -1.21. The molecule has 3 N–H and O–H groups in total. The number of likely N-dealkylation sites (tertiary alicyclic amines) is 1. The molecule has 6 nitrogen and oxygen atoms in total. The Morgan fingerprint density at radius 1 is 1.16 bits per heavy atom. The van der Waals surface area contributed by atoms with Crippen molar-refractivity contribution in [3.63, 3.8) is 0 Å². The van der Waals surface area contributed by atoms with E-state index in [2.05, 4.69) is 32.4 Å². The third-order valence-electron chi connectivity index (χ3n) is 6.93. The molecular weight excluding hydrogens is 486 g/mol. The van der Waals surface area contributed by atoms with Crippen LogP contribution in [0.2, 0.25) is 0 Å². The highest BCUT2D eigenvalue weighted by Gasteiger charge is 2.34. The highest BCUT2D eigenvalue weighted by molar-refractivity contribution is 6.38. The van der Waals surface area contributed by atoms with Crippen LogP contribution in [0.3, 0.4) is 0 Å². The van der Waals surface area contributed by atoms with E-state index in [1.54, 1.807) is 13.0 Å². The van der Waals surface area contributed by atoms with Gasteiger partial charge in [-0.25, -0.2) is 9.37 Å². The second-order valence-corrected chi connectivity index (χ2v) is 9.42. The van der Waals surface area contributed by atoms with Crippen LogP contribution in [0.25, 0.3) is 11.1 Å². The molecule has 10 heteroatoms. The second-order valence-electron chi connectivity index (χ2n) is 9.42. The molecule has 5 rings (SSSR count). The number of rotatable bonds is 5. The maximum Gasteiger partial charge on any atom is 0.416 e. The van der Waals surface area contributed by atoms with Gasteiger partial charge in [0.25, 0.3) is 5.91 Å². The smallest absolute Gasteiger partial charge is 0.382 e. The lowest BCUT2D eigenvalue weighted by Crippen LogP contribution is -2.38. The number of alkyl halides is 3. The normalized spacial score (nSPS) is 18.1. The first-order chi connectivity index (χ1) is 17.6. The first kappa shape index (κ1) is 25.0. The van der Waals surface area contributed by atoms with Crippen LogP contribution < -0.4 is 10.6 Å². The number of aromatic amines is 1. The Bertz CT molecular complexity index is 1370. The molecule has 1 aromatic heterocycles. The monoisotopic (exact) mass is 513 g/mol. The first-order valence-corrected chi connectivity index (χ1v) is 12.2. The number of aromatic nitrogens is 2. The quantitative estimate of drug-likeness (QED) is 0.303. The van der Waals surface area contributed by atoms with Crippen molar-refractivity contribution in [2.24, 2.45) is 0 Å². The fourth-order valence-electron chi connectivity index (χ4n) is 4.95.